The average Bonchev–Trinajstić information content (AvgIpc) is 3.41. The Bertz CT molecular complexity index is 1620. The van der Waals surface area contributed by atoms with Crippen LogP contribution < -0.4 is 20.7 Å². The van der Waals surface area contributed by atoms with Crippen molar-refractivity contribution in [2.75, 3.05) is 20.8 Å². The minimum Gasteiger partial charge on any atom is -0.497 e. The van der Waals surface area contributed by atoms with Gasteiger partial charge in [-0.25, -0.2) is 4.79 Å². The van der Waals surface area contributed by atoms with E-state index in [0.29, 0.717) is 17.1 Å². The van der Waals surface area contributed by atoms with Gasteiger partial charge in [0.15, 0.2) is 0 Å². The first-order valence-electron chi connectivity index (χ1n) is 13.5. The number of aromatic nitrogens is 2. The van der Waals surface area contributed by atoms with Crippen molar-refractivity contribution in [3.05, 3.63) is 128 Å². The van der Waals surface area contributed by atoms with Gasteiger partial charge in [0.2, 0.25) is 0 Å². The van der Waals surface area contributed by atoms with Gasteiger partial charge in [-0.15, -0.1) is 9.42 Å². The summed E-state index contributed by atoms with van der Waals surface area (Å²) in [5, 5.41) is 0. The lowest BCUT2D eigenvalue weighted by Gasteiger charge is -2.37. The highest BCUT2D eigenvalue weighted by Crippen LogP contribution is 2.43. The lowest BCUT2D eigenvalue weighted by molar-refractivity contribution is -0.0917. The average molecular weight is 608 g/mol. The van der Waals surface area contributed by atoms with E-state index in [-0.39, 0.29) is 13.0 Å². The molecule has 0 saturated carbocycles. The van der Waals surface area contributed by atoms with Crippen LogP contribution in [0.25, 0.3) is 0 Å². The fraction of sp³-hybridized carbons (Fsp3) is 0.290. The molecule has 0 radical (unpaired) electrons. The smallest absolute Gasteiger partial charge is 0.497 e. The van der Waals surface area contributed by atoms with Gasteiger partial charge in [-0.2, -0.15) is 0 Å². The van der Waals surface area contributed by atoms with Gasteiger partial charge < -0.3 is 18.9 Å². The number of aromatic amines is 1. The Labute approximate surface area is 248 Å². The summed E-state index contributed by atoms with van der Waals surface area (Å²) >= 11 is 0. The van der Waals surface area contributed by atoms with Gasteiger partial charge >= 0.3 is 13.9 Å². The van der Waals surface area contributed by atoms with Crippen LogP contribution in [0.2, 0.25) is 0 Å². The highest BCUT2D eigenvalue weighted by Gasteiger charge is 2.46. The maximum absolute atomic E-state index is 12.6. The topological polar surface area (TPSA) is 138 Å². The summed E-state index contributed by atoms with van der Waals surface area (Å²) < 4.78 is 42.3. The Morgan fingerprint density at radius 2 is 1.49 bits per heavy atom. The van der Waals surface area contributed by atoms with Crippen LogP contribution >= 0.6 is 8.25 Å². The van der Waals surface area contributed by atoms with E-state index in [4.69, 9.17) is 23.5 Å². The van der Waals surface area contributed by atoms with Crippen LogP contribution in [-0.4, -0.2) is 47.5 Å². The van der Waals surface area contributed by atoms with Gasteiger partial charge in [0.1, 0.15) is 35.5 Å². The Kier molecular flexibility index (Phi) is 9.19. The number of H-pyrrole nitrogens is 1. The summed E-state index contributed by atoms with van der Waals surface area (Å²) in [7, 11) is 0.198. The highest BCUT2D eigenvalue weighted by atomic mass is 31.1. The first kappa shape index (κ1) is 30.3. The number of aryl methyl sites for hydroxylation is 1. The number of benzene rings is 3. The Morgan fingerprint density at radius 3 is 2.02 bits per heavy atom. The van der Waals surface area contributed by atoms with E-state index in [0.717, 1.165) is 16.7 Å². The molecule has 1 aromatic heterocycles. The normalized spacial score (nSPS) is 18.8. The molecule has 4 aromatic rings. The number of methoxy groups -OCH3 is 2. The molecule has 1 aliphatic heterocycles. The van der Waals surface area contributed by atoms with Gasteiger partial charge in [0.05, 0.1) is 20.8 Å². The molecule has 0 spiro atoms. The largest absolute Gasteiger partial charge is 0.695 e. The molecule has 43 heavy (non-hydrogen) atoms. The predicted octanol–water partition coefficient (Wildman–Crippen LogP) is 4.19. The number of ether oxygens (including phenoxy) is 4. The fourth-order valence-electron chi connectivity index (χ4n) is 5.33. The highest BCUT2D eigenvalue weighted by molar-refractivity contribution is 7.32. The van der Waals surface area contributed by atoms with Gasteiger partial charge in [-0.3, -0.25) is 14.3 Å². The van der Waals surface area contributed by atoms with E-state index in [1.54, 1.807) is 21.1 Å². The second-order valence-corrected chi connectivity index (χ2v) is 10.7. The molecule has 0 bridgehead atoms. The minimum absolute atomic E-state index is 0.0739. The SMILES string of the molecule is COc1ccc(C(OC[C@H]2O[C@@H](n3cc(C)c(=O)[nH]c3=O)C[C@@H]2O[P+](=O)O)(c2ccccc2)c2ccc(OC)cc2)cc1. The molecular weight excluding hydrogens is 575 g/mol. The molecule has 1 saturated heterocycles. The maximum Gasteiger partial charge on any atom is 0.695 e. The summed E-state index contributed by atoms with van der Waals surface area (Å²) in [6.45, 7) is 1.48. The number of hydrogen-bond acceptors (Lipinski definition) is 8. The maximum atomic E-state index is 12.6. The monoisotopic (exact) mass is 607 g/mol. The molecule has 2 N–H and O–H groups in total. The summed E-state index contributed by atoms with van der Waals surface area (Å²) in [4.78, 5) is 36.5. The van der Waals surface area contributed by atoms with E-state index in [9.17, 15) is 19.0 Å². The summed E-state index contributed by atoms with van der Waals surface area (Å²) in [5.41, 5.74) is 0.378. The van der Waals surface area contributed by atoms with Gasteiger partial charge in [-0.1, -0.05) is 54.6 Å². The molecule has 2 heterocycles. The number of nitrogens with one attached hydrogen (secondary N) is 1. The van der Waals surface area contributed by atoms with Crippen LogP contribution in [0.3, 0.4) is 0 Å². The second kappa shape index (κ2) is 13.0. The van der Waals surface area contributed by atoms with Gasteiger partial charge in [0.25, 0.3) is 5.56 Å². The van der Waals surface area contributed by atoms with Gasteiger partial charge in [0, 0.05) is 22.7 Å². The molecule has 0 aliphatic carbocycles. The van der Waals surface area contributed by atoms with Crippen LogP contribution in [0, 0.1) is 6.92 Å². The Hall–Kier alpha value is -4.12. The van der Waals surface area contributed by atoms with Crippen molar-refractivity contribution in [3.63, 3.8) is 0 Å². The molecular formula is C31H32N2O9P+. The van der Waals surface area contributed by atoms with E-state index < -0.39 is 43.5 Å². The van der Waals surface area contributed by atoms with E-state index >= 15 is 0 Å². The Balaban J connectivity index is 1.58. The zero-order chi connectivity index (χ0) is 30.6. The van der Waals surface area contributed by atoms with Crippen molar-refractivity contribution in [1.82, 2.24) is 9.55 Å². The third kappa shape index (κ3) is 6.31. The predicted molar refractivity (Wildman–Crippen MR) is 158 cm³/mol. The van der Waals surface area contributed by atoms with E-state index in [1.165, 1.54) is 10.8 Å². The van der Waals surface area contributed by atoms with Crippen molar-refractivity contribution in [2.24, 2.45) is 0 Å². The van der Waals surface area contributed by atoms with E-state index in [1.807, 2.05) is 78.9 Å². The van der Waals surface area contributed by atoms with Gasteiger partial charge in [-0.05, 0) is 47.9 Å². The number of rotatable bonds is 11. The number of hydrogen-bond donors (Lipinski definition) is 2. The summed E-state index contributed by atoms with van der Waals surface area (Å²) in [5.74, 6) is 1.34. The summed E-state index contributed by atoms with van der Waals surface area (Å²) in [6.07, 6.45) is -1.14. The molecule has 1 unspecified atom stereocenters. The summed E-state index contributed by atoms with van der Waals surface area (Å²) in [6, 6.07) is 24.7. The van der Waals surface area contributed by atoms with Crippen LogP contribution in [-0.2, 0) is 24.2 Å². The second-order valence-electron chi connectivity index (χ2n) is 10.0. The van der Waals surface area contributed by atoms with Crippen molar-refractivity contribution < 1.29 is 32.9 Å². The third-order valence-corrected chi connectivity index (χ3v) is 7.95. The van der Waals surface area contributed by atoms with Crippen LogP contribution in [0.15, 0.2) is 94.6 Å². The molecule has 12 heteroatoms. The molecule has 4 atom stereocenters. The van der Waals surface area contributed by atoms with Crippen molar-refractivity contribution in [3.8, 4) is 11.5 Å². The molecule has 5 rings (SSSR count). The lowest BCUT2D eigenvalue weighted by Crippen LogP contribution is -2.38. The third-order valence-electron chi connectivity index (χ3n) is 7.50. The zero-order valence-corrected chi connectivity index (χ0v) is 24.7. The number of nitrogens with zero attached hydrogens (tertiary/aromatic N) is 1. The van der Waals surface area contributed by atoms with Crippen LogP contribution in [0.5, 0.6) is 11.5 Å². The fourth-order valence-corrected chi connectivity index (χ4v) is 5.78. The lowest BCUT2D eigenvalue weighted by atomic mass is 9.80. The van der Waals surface area contributed by atoms with Crippen LogP contribution in [0.1, 0.15) is 34.9 Å². The van der Waals surface area contributed by atoms with Crippen molar-refractivity contribution >= 4 is 8.25 Å². The Morgan fingerprint density at radius 1 is 0.930 bits per heavy atom. The van der Waals surface area contributed by atoms with E-state index in [2.05, 4.69) is 4.98 Å². The molecule has 224 valence electrons. The molecule has 3 aromatic carbocycles. The molecule has 0 amide bonds. The van der Waals surface area contributed by atoms with Crippen molar-refractivity contribution in [1.29, 1.82) is 0 Å². The first-order valence-corrected chi connectivity index (χ1v) is 14.7. The van der Waals surface area contributed by atoms with Crippen LogP contribution in [0.4, 0.5) is 0 Å². The quantitative estimate of drug-likeness (QED) is 0.190. The zero-order valence-electron chi connectivity index (χ0n) is 23.8. The minimum atomic E-state index is -2.99. The standard InChI is InChI=1S/C31H31N2O9P/c1-20-18-33(30(35)32-29(20)34)28-17-26(42-43(36)37)27(41-28)19-40-31(21-7-5-4-6-8-21,22-9-13-24(38-2)14-10-22)23-11-15-25(39-3)16-12-23/h4-16,18,26-28H,17,19H2,1-3H3,(H-,32,34,35,36,37)/p+1/t26-,27+,28+/m0/s1. The molecule has 1 aliphatic rings. The molecule has 1 fully saturated rings. The van der Waals surface area contributed by atoms with Crippen molar-refractivity contribution in [2.45, 2.75) is 37.4 Å². The molecule has 11 nitrogen and oxygen atoms in total. The first-order chi connectivity index (χ1) is 20.7.